The van der Waals surface area contributed by atoms with E-state index >= 15 is 0 Å². The van der Waals surface area contributed by atoms with Crippen molar-refractivity contribution in [2.45, 2.75) is 51.3 Å². The topological polar surface area (TPSA) is 61.4 Å². The minimum atomic E-state index is -0.355. The molecule has 1 saturated carbocycles. The average Bonchev–Trinajstić information content (AvgIpc) is 2.97. The van der Waals surface area contributed by atoms with Gasteiger partial charge in [-0.05, 0) is 26.2 Å². The van der Waals surface area contributed by atoms with Crippen molar-refractivity contribution in [3.63, 3.8) is 0 Å². The molecule has 1 amide bonds. The number of nitrogens with one attached hydrogen (secondary N) is 2. The number of hydrogen-bond acceptors (Lipinski definition) is 3. The van der Waals surface area contributed by atoms with Gasteiger partial charge in [-0.3, -0.25) is 4.79 Å². The number of carbonyl (C=O) groups excluding carboxylic acids is 1. The molecule has 0 radical (unpaired) electrons. The number of carbonyl (C=O) groups is 1. The molecule has 1 rings (SSSR count). The summed E-state index contributed by atoms with van der Waals surface area (Å²) < 4.78 is 0. The van der Waals surface area contributed by atoms with Crippen LogP contribution in [0.4, 0.5) is 0 Å². The summed E-state index contributed by atoms with van der Waals surface area (Å²) in [5.41, 5.74) is 0. The molecule has 0 aromatic heterocycles. The summed E-state index contributed by atoms with van der Waals surface area (Å²) in [6, 6.07) is 0.194. The van der Waals surface area contributed by atoms with Crippen LogP contribution in [-0.2, 0) is 4.79 Å². The van der Waals surface area contributed by atoms with Gasteiger partial charge in [0, 0.05) is 12.6 Å². The molecule has 0 aromatic carbocycles. The Morgan fingerprint density at radius 1 is 1.57 bits per heavy atom. The van der Waals surface area contributed by atoms with Crippen LogP contribution in [0.5, 0.6) is 0 Å². The molecular formula is C10H20N2O2. The molecule has 1 aliphatic carbocycles. The normalized spacial score (nSPS) is 20.2. The van der Waals surface area contributed by atoms with Crippen molar-refractivity contribution in [2.75, 3.05) is 6.54 Å². The second-order valence-corrected chi connectivity index (χ2v) is 3.97. The van der Waals surface area contributed by atoms with Gasteiger partial charge in [0.25, 0.3) is 0 Å². The van der Waals surface area contributed by atoms with Crippen LogP contribution in [0.3, 0.4) is 0 Å². The maximum atomic E-state index is 11.4. The van der Waals surface area contributed by atoms with Gasteiger partial charge in [0.15, 0.2) is 0 Å². The third kappa shape index (κ3) is 4.07. The summed E-state index contributed by atoms with van der Waals surface area (Å²) in [5.74, 6) is 0.0378. The molecule has 1 aliphatic rings. The van der Waals surface area contributed by atoms with Crippen LogP contribution >= 0.6 is 0 Å². The van der Waals surface area contributed by atoms with Crippen LogP contribution in [0.25, 0.3) is 0 Å². The molecule has 14 heavy (non-hydrogen) atoms. The highest BCUT2D eigenvalue weighted by molar-refractivity contribution is 5.81. The Balaban J connectivity index is 2.12. The smallest absolute Gasteiger partial charge is 0.237 e. The number of aliphatic hydroxyl groups excluding tert-OH is 1. The van der Waals surface area contributed by atoms with Crippen molar-refractivity contribution in [1.82, 2.24) is 10.6 Å². The van der Waals surface area contributed by atoms with E-state index in [0.717, 1.165) is 12.8 Å². The lowest BCUT2D eigenvalue weighted by atomic mass is 10.2. The summed E-state index contributed by atoms with van der Waals surface area (Å²) in [4.78, 5) is 11.4. The molecule has 1 fully saturated rings. The standard InChI is InChI=1S/C10H20N2O2/c1-3-9(13)6-11-7(2)10(14)12-8-4-5-8/h7-9,11,13H,3-6H2,1-2H3,(H,12,14). The number of hydrogen-bond donors (Lipinski definition) is 3. The summed E-state index contributed by atoms with van der Waals surface area (Å²) in [5, 5.41) is 15.2. The molecule has 0 bridgehead atoms. The molecule has 0 saturated heterocycles. The molecule has 2 atom stereocenters. The van der Waals surface area contributed by atoms with E-state index in [1.54, 1.807) is 0 Å². The van der Waals surface area contributed by atoms with Crippen LogP contribution in [-0.4, -0.2) is 35.7 Å². The highest BCUT2D eigenvalue weighted by atomic mass is 16.3. The maximum Gasteiger partial charge on any atom is 0.237 e. The summed E-state index contributed by atoms with van der Waals surface area (Å²) in [7, 11) is 0. The van der Waals surface area contributed by atoms with E-state index in [9.17, 15) is 9.90 Å². The zero-order valence-electron chi connectivity index (χ0n) is 8.92. The van der Waals surface area contributed by atoms with Crippen molar-refractivity contribution in [3.8, 4) is 0 Å². The second-order valence-electron chi connectivity index (χ2n) is 3.97. The fourth-order valence-corrected chi connectivity index (χ4v) is 1.10. The first-order valence-corrected chi connectivity index (χ1v) is 5.35. The van der Waals surface area contributed by atoms with Gasteiger partial charge in [0.2, 0.25) is 5.91 Å². The van der Waals surface area contributed by atoms with E-state index in [1.165, 1.54) is 0 Å². The van der Waals surface area contributed by atoms with Gasteiger partial charge in [-0.15, -0.1) is 0 Å². The van der Waals surface area contributed by atoms with E-state index in [1.807, 2.05) is 13.8 Å². The van der Waals surface area contributed by atoms with Gasteiger partial charge in [-0.2, -0.15) is 0 Å². The predicted molar refractivity (Wildman–Crippen MR) is 54.9 cm³/mol. The molecule has 0 heterocycles. The SMILES string of the molecule is CCC(O)CNC(C)C(=O)NC1CC1. The average molecular weight is 200 g/mol. The summed E-state index contributed by atoms with van der Waals surface area (Å²) in [6.07, 6.45) is 2.57. The van der Waals surface area contributed by atoms with Gasteiger partial charge >= 0.3 is 0 Å². The van der Waals surface area contributed by atoms with Crippen LogP contribution in [0, 0.1) is 0 Å². The van der Waals surface area contributed by atoms with E-state index in [-0.39, 0.29) is 18.1 Å². The molecule has 4 heteroatoms. The van der Waals surface area contributed by atoms with Crippen molar-refractivity contribution < 1.29 is 9.90 Å². The van der Waals surface area contributed by atoms with E-state index in [2.05, 4.69) is 10.6 Å². The molecule has 4 nitrogen and oxygen atoms in total. The Hall–Kier alpha value is -0.610. The van der Waals surface area contributed by atoms with Crippen molar-refractivity contribution >= 4 is 5.91 Å². The van der Waals surface area contributed by atoms with Gasteiger partial charge in [0.1, 0.15) is 0 Å². The monoisotopic (exact) mass is 200 g/mol. The predicted octanol–water partition coefficient (Wildman–Crippen LogP) is 0.0140. The van der Waals surface area contributed by atoms with E-state index in [4.69, 9.17) is 0 Å². The van der Waals surface area contributed by atoms with Gasteiger partial charge in [0.05, 0.1) is 12.1 Å². The molecule has 82 valence electrons. The van der Waals surface area contributed by atoms with Gasteiger partial charge in [-0.1, -0.05) is 6.92 Å². The third-order valence-electron chi connectivity index (χ3n) is 2.45. The molecule has 0 aliphatic heterocycles. The van der Waals surface area contributed by atoms with Gasteiger partial charge < -0.3 is 15.7 Å². The first-order chi connectivity index (χ1) is 6.63. The van der Waals surface area contributed by atoms with Crippen LogP contribution in [0.2, 0.25) is 0 Å². The quantitative estimate of drug-likeness (QED) is 0.566. The maximum absolute atomic E-state index is 11.4. The largest absolute Gasteiger partial charge is 0.392 e. The second kappa shape index (κ2) is 5.32. The third-order valence-corrected chi connectivity index (χ3v) is 2.45. The summed E-state index contributed by atoms with van der Waals surface area (Å²) in [6.45, 7) is 4.22. The Bertz CT molecular complexity index is 193. The molecule has 0 spiro atoms. The minimum Gasteiger partial charge on any atom is -0.392 e. The van der Waals surface area contributed by atoms with Crippen molar-refractivity contribution in [1.29, 1.82) is 0 Å². The molecule has 3 N–H and O–H groups in total. The minimum absolute atomic E-state index is 0.0378. The lowest BCUT2D eigenvalue weighted by Crippen LogP contribution is -2.45. The lowest BCUT2D eigenvalue weighted by molar-refractivity contribution is -0.123. The number of amides is 1. The van der Waals surface area contributed by atoms with Crippen LogP contribution in [0.15, 0.2) is 0 Å². The first kappa shape index (κ1) is 11.5. The van der Waals surface area contributed by atoms with E-state index in [0.29, 0.717) is 19.0 Å². The van der Waals surface area contributed by atoms with Crippen molar-refractivity contribution in [3.05, 3.63) is 0 Å². The Morgan fingerprint density at radius 3 is 2.71 bits per heavy atom. The highest BCUT2D eigenvalue weighted by Gasteiger charge is 2.25. The van der Waals surface area contributed by atoms with Gasteiger partial charge in [-0.25, -0.2) is 0 Å². The van der Waals surface area contributed by atoms with Crippen LogP contribution < -0.4 is 10.6 Å². The highest BCUT2D eigenvalue weighted by Crippen LogP contribution is 2.18. The number of rotatable bonds is 6. The molecular weight excluding hydrogens is 180 g/mol. The molecule has 0 aromatic rings. The Morgan fingerprint density at radius 2 is 2.21 bits per heavy atom. The molecule has 2 unspecified atom stereocenters. The zero-order chi connectivity index (χ0) is 10.6. The fraction of sp³-hybridized carbons (Fsp3) is 0.900. The first-order valence-electron chi connectivity index (χ1n) is 5.35. The summed E-state index contributed by atoms with van der Waals surface area (Å²) >= 11 is 0. The lowest BCUT2D eigenvalue weighted by Gasteiger charge is -2.15. The van der Waals surface area contributed by atoms with Crippen molar-refractivity contribution in [2.24, 2.45) is 0 Å². The Kier molecular flexibility index (Phi) is 4.35. The Labute approximate surface area is 85.1 Å². The van der Waals surface area contributed by atoms with E-state index < -0.39 is 0 Å². The number of aliphatic hydroxyl groups is 1. The zero-order valence-corrected chi connectivity index (χ0v) is 8.92. The van der Waals surface area contributed by atoms with Crippen LogP contribution in [0.1, 0.15) is 33.1 Å². The fourth-order valence-electron chi connectivity index (χ4n) is 1.10.